The van der Waals surface area contributed by atoms with Crippen molar-refractivity contribution >= 4 is 12.1 Å². The number of hydrazone groups is 1. The van der Waals surface area contributed by atoms with Gasteiger partial charge in [0.2, 0.25) is 5.91 Å². The Kier molecular flexibility index (Phi) is 15.8. The third-order valence-electron chi connectivity index (χ3n) is 5.10. The van der Waals surface area contributed by atoms with E-state index in [9.17, 15) is 4.79 Å². The Hall–Kier alpha value is -1.84. The molecule has 164 valence electrons. The minimum Gasteiger partial charge on any atom is -0.494 e. The summed E-state index contributed by atoms with van der Waals surface area (Å²) in [5.41, 5.74) is 3.55. The Bertz CT molecular complexity index is 540. The second kappa shape index (κ2) is 18.2. The van der Waals surface area contributed by atoms with E-state index in [0.717, 1.165) is 24.2 Å². The molecule has 0 aliphatic heterocycles. The molecule has 29 heavy (non-hydrogen) atoms. The van der Waals surface area contributed by atoms with Crippen LogP contribution < -0.4 is 10.2 Å². The standard InChI is InChI=1S/C25H42N2O2/c1-3-5-6-7-8-9-10-11-12-13-14-15-16-17-25(28)27-26-22-23-18-20-24(21-19-23)29-4-2/h18-22H,3-17H2,1-2H3,(H,27,28). The van der Waals surface area contributed by atoms with Crippen LogP contribution in [0.1, 0.15) is 109 Å². The van der Waals surface area contributed by atoms with Crippen molar-refractivity contribution in [2.75, 3.05) is 6.61 Å². The van der Waals surface area contributed by atoms with Gasteiger partial charge in [0.25, 0.3) is 0 Å². The molecule has 1 aromatic carbocycles. The Balaban J connectivity index is 1.92. The molecular formula is C25H42N2O2. The average molecular weight is 403 g/mol. The predicted octanol–water partition coefficient (Wildman–Crippen LogP) is 7.02. The van der Waals surface area contributed by atoms with Gasteiger partial charge in [0.15, 0.2) is 0 Å². The first-order chi connectivity index (χ1) is 14.3. The molecule has 0 bridgehead atoms. The third-order valence-corrected chi connectivity index (χ3v) is 5.10. The van der Waals surface area contributed by atoms with Crippen LogP contribution in [0.25, 0.3) is 0 Å². The van der Waals surface area contributed by atoms with Crippen molar-refractivity contribution in [2.45, 2.75) is 104 Å². The number of carbonyl (C=O) groups is 1. The van der Waals surface area contributed by atoms with Crippen molar-refractivity contribution in [1.82, 2.24) is 5.43 Å². The smallest absolute Gasteiger partial charge is 0.240 e. The predicted molar refractivity (Wildman–Crippen MR) is 124 cm³/mol. The van der Waals surface area contributed by atoms with Crippen LogP contribution in [0.2, 0.25) is 0 Å². The second-order valence-electron chi connectivity index (χ2n) is 7.79. The van der Waals surface area contributed by atoms with Crippen LogP contribution in [-0.4, -0.2) is 18.7 Å². The van der Waals surface area contributed by atoms with E-state index in [-0.39, 0.29) is 5.91 Å². The molecule has 0 spiro atoms. The van der Waals surface area contributed by atoms with Gasteiger partial charge in [0.1, 0.15) is 5.75 Å². The molecule has 0 fully saturated rings. The van der Waals surface area contributed by atoms with Gasteiger partial charge in [-0.1, -0.05) is 84.0 Å². The molecule has 1 rings (SSSR count). The van der Waals surface area contributed by atoms with E-state index in [1.54, 1.807) is 6.21 Å². The van der Waals surface area contributed by atoms with Gasteiger partial charge in [0.05, 0.1) is 12.8 Å². The van der Waals surface area contributed by atoms with Gasteiger partial charge >= 0.3 is 0 Å². The largest absolute Gasteiger partial charge is 0.494 e. The molecule has 0 aliphatic rings. The summed E-state index contributed by atoms with van der Waals surface area (Å²) >= 11 is 0. The van der Waals surface area contributed by atoms with Crippen molar-refractivity contribution in [1.29, 1.82) is 0 Å². The number of amides is 1. The summed E-state index contributed by atoms with van der Waals surface area (Å²) in [5.74, 6) is 0.839. The molecule has 0 aliphatic carbocycles. The van der Waals surface area contributed by atoms with E-state index in [2.05, 4.69) is 17.5 Å². The maximum absolute atomic E-state index is 11.8. The van der Waals surface area contributed by atoms with Crippen LogP contribution in [0.15, 0.2) is 29.4 Å². The number of rotatable bonds is 18. The van der Waals surface area contributed by atoms with Crippen molar-refractivity contribution in [3.8, 4) is 5.75 Å². The average Bonchev–Trinajstić information content (AvgIpc) is 2.73. The van der Waals surface area contributed by atoms with E-state index in [1.807, 2.05) is 31.2 Å². The van der Waals surface area contributed by atoms with Crippen LogP contribution in [0, 0.1) is 0 Å². The van der Waals surface area contributed by atoms with E-state index in [1.165, 1.54) is 70.6 Å². The molecule has 1 amide bonds. The molecule has 0 unspecified atom stereocenters. The lowest BCUT2D eigenvalue weighted by Gasteiger charge is -2.03. The molecule has 0 saturated heterocycles. The van der Waals surface area contributed by atoms with Gasteiger partial charge in [-0.25, -0.2) is 5.43 Å². The van der Waals surface area contributed by atoms with Crippen LogP contribution in [0.5, 0.6) is 5.75 Å². The van der Waals surface area contributed by atoms with Gasteiger partial charge in [0, 0.05) is 6.42 Å². The fourth-order valence-electron chi connectivity index (χ4n) is 3.35. The molecular weight excluding hydrogens is 360 g/mol. The fourth-order valence-corrected chi connectivity index (χ4v) is 3.35. The first-order valence-electron chi connectivity index (χ1n) is 11.8. The van der Waals surface area contributed by atoms with Crippen LogP contribution in [-0.2, 0) is 4.79 Å². The Morgan fingerprint density at radius 1 is 0.828 bits per heavy atom. The van der Waals surface area contributed by atoms with Crippen LogP contribution in [0.4, 0.5) is 0 Å². The minimum absolute atomic E-state index is 0.00439. The number of carbonyl (C=O) groups excluding carboxylic acids is 1. The van der Waals surface area contributed by atoms with E-state index < -0.39 is 0 Å². The van der Waals surface area contributed by atoms with Crippen molar-refractivity contribution in [2.24, 2.45) is 5.10 Å². The SMILES string of the molecule is CCCCCCCCCCCCCCCC(=O)NN=Cc1ccc(OCC)cc1. The lowest BCUT2D eigenvalue weighted by atomic mass is 10.0. The van der Waals surface area contributed by atoms with Crippen molar-refractivity contribution < 1.29 is 9.53 Å². The molecule has 4 nitrogen and oxygen atoms in total. The fraction of sp³-hybridized carbons (Fsp3) is 0.680. The molecule has 1 N–H and O–H groups in total. The number of nitrogens with zero attached hydrogens (tertiary/aromatic N) is 1. The highest BCUT2D eigenvalue weighted by Gasteiger charge is 2.00. The quantitative estimate of drug-likeness (QED) is 0.163. The zero-order valence-electron chi connectivity index (χ0n) is 18.8. The number of nitrogens with one attached hydrogen (secondary N) is 1. The van der Waals surface area contributed by atoms with E-state index >= 15 is 0 Å². The Labute approximate surface area is 178 Å². The molecule has 0 radical (unpaired) electrons. The number of unbranched alkanes of at least 4 members (excludes halogenated alkanes) is 12. The highest BCUT2D eigenvalue weighted by atomic mass is 16.5. The summed E-state index contributed by atoms with van der Waals surface area (Å²) in [6, 6.07) is 7.65. The summed E-state index contributed by atoms with van der Waals surface area (Å²) in [4.78, 5) is 11.8. The zero-order chi connectivity index (χ0) is 21.0. The maximum atomic E-state index is 11.8. The number of ether oxygens (including phenoxy) is 1. The van der Waals surface area contributed by atoms with Crippen LogP contribution >= 0.6 is 0 Å². The van der Waals surface area contributed by atoms with E-state index in [4.69, 9.17) is 4.74 Å². The lowest BCUT2D eigenvalue weighted by molar-refractivity contribution is -0.121. The highest BCUT2D eigenvalue weighted by Crippen LogP contribution is 2.13. The second-order valence-corrected chi connectivity index (χ2v) is 7.79. The summed E-state index contributed by atoms with van der Waals surface area (Å²) in [5, 5.41) is 4.03. The van der Waals surface area contributed by atoms with Gasteiger partial charge < -0.3 is 4.74 Å². The molecule has 4 heteroatoms. The van der Waals surface area contributed by atoms with Gasteiger partial charge in [-0.3, -0.25) is 4.79 Å². The molecule has 0 saturated carbocycles. The first-order valence-corrected chi connectivity index (χ1v) is 11.8. The van der Waals surface area contributed by atoms with Crippen molar-refractivity contribution in [3.63, 3.8) is 0 Å². The number of benzene rings is 1. The summed E-state index contributed by atoms with van der Waals surface area (Å²) < 4.78 is 5.40. The topological polar surface area (TPSA) is 50.7 Å². The lowest BCUT2D eigenvalue weighted by Crippen LogP contribution is -2.16. The number of hydrogen-bond acceptors (Lipinski definition) is 3. The third kappa shape index (κ3) is 14.8. The molecule has 0 aromatic heterocycles. The molecule has 0 atom stereocenters. The Morgan fingerprint density at radius 2 is 1.34 bits per heavy atom. The molecule has 0 heterocycles. The maximum Gasteiger partial charge on any atom is 0.240 e. The minimum atomic E-state index is -0.00439. The van der Waals surface area contributed by atoms with Gasteiger partial charge in [-0.05, 0) is 43.2 Å². The van der Waals surface area contributed by atoms with E-state index in [0.29, 0.717) is 13.0 Å². The zero-order valence-corrected chi connectivity index (χ0v) is 18.8. The normalized spacial score (nSPS) is 11.1. The Morgan fingerprint density at radius 3 is 1.86 bits per heavy atom. The summed E-state index contributed by atoms with van der Waals surface area (Å²) in [7, 11) is 0. The summed E-state index contributed by atoms with van der Waals surface area (Å²) in [6.45, 7) is 4.89. The van der Waals surface area contributed by atoms with Gasteiger partial charge in [-0.2, -0.15) is 5.10 Å². The number of hydrogen-bond donors (Lipinski definition) is 1. The van der Waals surface area contributed by atoms with Crippen molar-refractivity contribution in [3.05, 3.63) is 29.8 Å². The molecule has 1 aromatic rings. The van der Waals surface area contributed by atoms with Gasteiger partial charge in [-0.15, -0.1) is 0 Å². The van der Waals surface area contributed by atoms with Crippen LogP contribution in [0.3, 0.4) is 0 Å². The highest BCUT2D eigenvalue weighted by molar-refractivity contribution is 5.82. The first kappa shape index (κ1) is 25.2. The summed E-state index contributed by atoms with van der Waals surface area (Å²) in [6.07, 6.45) is 19.3. The monoisotopic (exact) mass is 402 g/mol.